The van der Waals surface area contributed by atoms with Crippen molar-refractivity contribution in [3.8, 4) is 5.75 Å². The van der Waals surface area contributed by atoms with Crippen molar-refractivity contribution in [2.45, 2.75) is 39.2 Å². The molecule has 1 saturated heterocycles. The van der Waals surface area contributed by atoms with Crippen LogP contribution in [0.2, 0.25) is 0 Å². The highest BCUT2D eigenvalue weighted by Crippen LogP contribution is 2.26. The van der Waals surface area contributed by atoms with Crippen molar-refractivity contribution >= 4 is 17.3 Å². The molecule has 0 unspecified atom stereocenters. The number of carbonyl (C=O) groups excluding carboxylic acids is 1. The predicted molar refractivity (Wildman–Crippen MR) is 114 cm³/mol. The van der Waals surface area contributed by atoms with Gasteiger partial charge in [-0.15, -0.1) is 0 Å². The SMILES string of the molecule is CC[C@@H](C)c1ccccc1NC(=O)[C@@H](C)[NH+]1CCN(c2ccc(O)cc2)CC1. The van der Waals surface area contributed by atoms with Gasteiger partial charge in [-0.05, 0) is 55.2 Å². The molecule has 1 aliphatic rings. The van der Waals surface area contributed by atoms with Gasteiger partial charge < -0.3 is 20.2 Å². The largest absolute Gasteiger partial charge is 0.508 e. The molecule has 0 spiro atoms. The Morgan fingerprint density at radius 1 is 1.11 bits per heavy atom. The smallest absolute Gasteiger partial charge is 0.282 e. The fraction of sp³-hybridized carbons (Fsp3) is 0.435. The van der Waals surface area contributed by atoms with Crippen LogP contribution in [0.5, 0.6) is 5.75 Å². The van der Waals surface area contributed by atoms with Gasteiger partial charge in [-0.25, -0.2) is 0 Å². The number of hydrogen-bond acceptors (Lipinski definition) is 3. The van der Waals surface area contributed by atoms with Gasteiger partial charge in [-0.3, -0.25) is 4.79 Å². The highest BCUT2D eigenvalue weighted by molar-refractivity contribution is 5.94. The van der Waals surface area contributed by atoms with E-state index in [0.717, 1.165) is 44.0 Å². The molecule has 1 amide bonds. The number of hydrogen-bond donors (Lipinski definition) is 3. The maximum atomic E-state index is 12.9. The standard InChI is InChI=1S/C23H31N3O2/c1-4-17(2)21-7-5-6-8-22(21)24-23(28)18(3)25-13-15-26(16-14-25)19-9-11-20(27)12-10-19/h5-12,17-18,27H,4,13-16H2,1-3H3,(H,24,28)/p+1/t17-,18-/m1/s1. The lowest BCUT2D eigenvalue weighted by molar-refractivity contribution is -0.914. The van der Waals surface area contributed by atoms with Gasteiger partial charge in [0.2, 0.25) is 0 Å². The zero-order valence-electron chi connectivity index (χ0n) is 17.1. The van der Waals surface area contributed by atoms with Crippen molar-refractivity contribution in [1.82, 2.24) is 0 Å². The number of benzene rings is 2. The van der Waals surface area contributed by atoms with E-state index in [2.05, 4.69) is 30.1 Å². The summed E-state index contributed by atoms with van der Waals surface area (Å²) in [6, 6.07) is 15.4. The maximum Gasteiger partial charge on any atom is 0.282 e. The fourth-order valence-electron chi connectivity index (χ4n) is 3.84. The minimum atomic E-state index is -0.0908. The minimum absolute atomic E-state index is 0.0869. The molecule has 2 aromatic carbocycles. The van der Waals surface area contributed by atoms with Gasteiger partial charge >= 0.3 is 0 Å². The lowest BCUT2D eigenvalue weighted by Gasteiger charge is -2.36. The molecule has 1 fully saturated rings. The molecular formula is C23H32N3O2+. The van der Waals surface area contributed by atoms with Gasteiger partial charge in [-0.1, -0.05) is 32.0 Å². The Labute approximate surface area is 168 Å². The number of nitrogens with zero attached hydrogens (tertiary/aromatic N) is 1. The number of amides is 1. The van der Waals surface area contributed by atoms with Gasteiger partial charge in [0, 0.05) is 11.4 Å². The summed E-state index contributed by atoms with van der Waals surface area (Å²) >= 11 is 0. The third-order valence-corrected chi connectivity index (χ3v) is 5.99. The third-order valence-electron chi connectivity index (χ3n) is 5.99. The first kappa shape index (κ1) is 20.2. The van der Waals surface area contributed by atoms with E-state index in [9.17, 15) is 9.90 Å². The van der Waals surface area contributed by atoms with E-state index in [0.29, 0.717) is 5.92 Å². The average Bonchev–Trinajstić information content (AvgIpc) is 2.73. The van der Waals surface area contributed by atoms with Crippen LogP contribution in [0.4, 0.5) is 11.4 Å². The maximum absolute atomic E-state index is 12.9. The topological polar surface area (TPSA) is 57.0 Å². The normalized spacial score (nSPS) is 17.2. The van der Waals surface area contributed by atoms with Crippen LogP contribution in [-0.4, -0.2) is 43.2 Å². The van der Waals surface area contributed by atoms with Crippen LogP contribution in [0, 0.1) is 0 Å². The zero-order valence-corrected chi connectivity index (χ0v) is 17.1. The fourth-order valence-corrected chi connectivity index (χ4v) is 3.84. The van der Waals surface area contributed by atoms with E-state index < -0.39 is 0 Å². The summed E-state index contributed by atoms with van der Waals surface area (Å²) in [4.78, 5) is 16.5. The van der Waals surface area contributed by atoms with Crippen LogP contribution >= 0.6 is 0 Å². The van der Waals surface area contributed by atoms with E-state index in [-0.39, 0.29) is 17.7 Å². The van der Waals surface area contributed by atoms with Gasteiger partial charge in [0.05, 0.1) is 26.2 Å². The molecule has 5 heteroatoms. The number of aromatic hydroxyl groups is 1. The van der Waals surface area contributed by atoms with Crippen LogP contribution in [0.15, 0.2) is 48.5 Å². The molecule has 3 rings (SSSR count). The highest BCUT2D eigenvalue weighted by Gasteiger charge is 2.29. The molecule has 1 aliphatic heterocycles. The first-order valence-corrected chi connectivity index (χ1v) is 10.3. The van der Waals surface area contributed by atoms with Crippen LogP contribution in [-0.2, 0) is 4.79 Å². The van der Waals surface area contributed by atoms with Crippen molar-refractivity contribution in [3.63, 3.8) is 0 Å². The lowest BCUT2D eigenvalue weighted by atomic mass is 9.97. The Morgan fingerprint density at radius 3 is 2.39 bits per heavy atom. The molecule has 0 aliphatic carbocycles. The molecule has 2 aromatic rings. The third kappa shape index (κ3) is 4.65. The Balaban J connectivity index is 1.58. The number of phenolic OH excluding ortho intramolecular Hbond substituents is 1. The quantitative estimate of drug-likeness (QED) is 0.720. The number of phenols is 1. The molecule has 3 N–H and O–H groups in total. The molecule has 0 saturated carbocycles. The van der Waals surface area contributed by atoms with Crippen LogP contribution in [0.1, 0.15) is 38.7 Å². The highest BCUT2D eigenvalue weighted by atomic mass is 16.3. The van der Waals surface area contributed by atoms with E-state index >= 15 is 0 Å². The molecule has 0 aromatic heterocycles. The Bertz CT molecular complexity index is 783. The van der Waals surface area contributed by atoms with Gasteiger partial charge in [0.25, 0.3) is 5.91 Å². The molecule has 150 valence electrons. The summed E-state index contributed by atoms with van der Waals surface area (Å²) in [5, 5.41) is 12.6. The van der Waals surface area contributed by atoms with Crippen LogP contribution < -0.4 is 15.1 Å². The molecule has 0 radical (unpaired) electrons. The first-order chi connectivity index (χ1) is 13.5. The van der Waals surface area contributed by atoms with Crippen molar-refractivity contribution in [2.24, 2.45) is 0 Å². The monoisotopic (exact) mass is 382 g/mol. The molecule has 28 heavy (non-hydrogen) atoms. The van der Waals surface area contributed by atoms with E-state index in [1.54, 1.807) is 12.1 Å². The van der Waals surface area contributed by atoms with Crippen molar-refractivity contribution in [3.05, 3.63) is 54.1 Å². The van der Waals surface area contributed by atoms with E-state index in [4.69, 9.17) is 0 Å². The van der Waals surface area contributed by atoms with Gasteiger partial charge in [0.1, 0.15) is 5.75 Å². The average molecular weight is 383 g/mol. The summed E-state index contributed by atoms with van der Waals surface area (Å²) in [6.45, 7) is 10.0. The summed E-state index contributed by atoms with van der Waals surface area (Å²) in [5.41, 5.74) is 3.27. The predicted octanol–water partition coefficient (Wildman–Crippen LogP) is 2.64. The molecule has 2 atom stereocenters. The van der Waals surface area contributed by atoms with Crippen LogP contribution in [0.25, 0.3) is 0 Å². The van der Waals surface area contributed by atoms with Crippen LogP contribution in [0.3, 0.4) is 0 Å². The number of piperazine rings is 1. The molecule has 1 heterocycles. The van der Waals surface area contributed by atoms with Gasteiger partial charge in [0.15, 0.2) is 6.04 Å². The summed E-state index contributed by atoms with van der Waals surface area (Å²) in [6.07, 6.45) is 1.05. The Morgan fingerprint density at radius 2 is 1.75 bits per heavy atom. The first-order valence-electron chi connectivity index (χ1n) is 10.3. The van der Waals surface area contributed by atoms with Crippen molar-refractivity contribution in [1.29, 1.82) is 0 Å². The Kier molecular flexibility index (Phi) is 6.57. The van der Waals surface area contributed by atoms with Crippen molar-refractivity contribution < 1.29 is 14.8 Å². The number of anilines is 2. The number of para-hydroxylation sites is 1. The minimum Gasteiger partial charge on any atom is -0.508 e. The summed E-state index contributed by atoms with van der Waals surface area (Å²) in [5.74, 6) is 0.799. The second-order valence-corrected chi connectivity index (χ2v) is 7.77. The number of nitrogens with one attached hydrogen (secondary N) is 2. The second kappa shape index (κ2) is 9.11. The van der Waals surface area contributed by atoms with Gasteiger partial charge in [-0.2, -0.15) is 0 Å². The Hall–Kier alpha value is -2.53. The zero-order chi connectivity index (χ0) is 20.1. The summed E-state index contributed by atoms with van der Waals surface area (Å²) in [7, 11) is 0. The number of rotatable bonds is 6. The molecule has 5 nitrogen and oxygen atoms in total. The van der Waals surface area contributed by atoms with E-state index in [1.807, 2.05) is 37.3 Å². The van der Waals surface area contributed by atoms with E-state index in [1.165, 1.54) is 10.5 Å². The van der Waals surface area contributed by atoms with Crippen molar-refractivity contribution in [2.75, 3.05) is 36.4 Å². The number of carbonyl (C=O) groups is 1. The lowest BCUT2D eigenvalue weighted by Crippen LogP contribution is -3.19. The molecular weight excluding hydrogens is 350 g/mol. The summed E-state index contributed by atoms with van der Waals surface area (Å²) < 4.78 is 0. The molecule has 0 bridgehead atoms. The second-order valence-electron chi connectivity index (χ2n) is 7.77. The number of quaternary nitrogens is 1.